The van der Waals surface area contributed by atoms with Gasteiger partial charge in [0, 0.05) is 15.7 Å². The maximum absolute atomic E-state index is 12.0. The number of terminal acetylenes is 1. The number of hydrogen-bond donors (Lipinski definition) is 1. The van der Waals surface area contributed by atoms with Gasteiger partial charge in [-0.15, -0.1) is 6.42 Å². The molecule has 100 valence electrons. The van der Waals surface area contributed by atoms with Crippen LogP contribution in [0.2, 0.25) is 0 Å². The summed E-state index contributed by atoms with van der Waals surface area (Å²) in [6, 6.07) is 14.2. The van der Waals surface area contributed by atoms with E-state index in [2.05, 4.69) is 27.2 Å². The number of benzene rings is 2. The molecule has 0 fully saturated rings. The number of ether oxygens (including phenoxy) is 1. The van der Waals surface area contributed by atoms with Crippen molar-refractivity contribution in [2.24, 2.45) is 0 Å². The highest BCUT2D eigenvalue weighted by Crippen LogP contribution is 2.16. The molecular weight excluding hydrogens is 318 g/mol. The van der Waals surface area contributed by atoms with E-state index in [0.717, 1.165) is 10.2 Å². The number of nitrogens with one attached hydrogen (secondary N) is 1. The van der Waals surface area contributed by atoms with Crippen molar-refractivity contribution >= 4 is 27.5 Å². The number of carbonyl (C=O) groups is 1. The van der Waals surface area contributed by atoms with Crippen LogP contribution in [0.15, 0.2) is 53.0 Å². The van der Waals surface area contributed by atoms with Gasteiger partial charge in [-0.05, 0) is 48.5 Å². The van der Waals surface area contributed by atoms with Crippen LogP contribution >= 0.6 is 15.9 Å². The number of halogens is 1. The van der Waals surface area contributed by atoms with Crippen molar-refractivity contribution in [1.82, 2.24) is 0 Å². The van der Waals surface area contributed by atoms with Crippen LogP contribution in [0, 0.1) is 12.3 Å². The van der Waals surface area contributed by atoms with Gasteiger partial charge in [0.05, 0.1) is 0 Å². The summed E-state index contributed by atoms with van der Waals surface area (Å²) in [5.41, 5.74) is 1.30. The van der Waals surface area contributed by atoms with E-state index in [-0.39, 0.29) is 12.5 Å². The summed E-state index contributed by atoms with van der Waals surface area (Å²) in [6.07, 6.45) is 5.11. The summed E-state index contributed by atoms with van der Waals surface area (Å²) in [6.45, 7) is 0.213. The van der Waals surface area contributed by atoms with Gasteiger partial charge in [-0.25, -0.2) is 0 Å². The van der Waals surface area contributed by atoms with Crippen molar-refractivity contribution in [1.29, 1.82) is 0 Å². The molecule has 0 aliphatic rings. The Morgan fingerprint density at radius 3 is 2.40 bits per heavy atom. The van der Waals surface area contributed by atoms with Gasteiger partial charge < -0.3 is 10.1 Å². The fraction of sp³-hybridized carbons (Fsp3) is 0.0625. The quantitative estimate of drug-likeness (QED) is 0.868. The molecule has 0 radical (unpaired) electrons. The molecule has 2 rings (SSSR count). The zero-order valence-electron chi connectivity index (χ0n) is 10.6. The van der Waals surface area contributed by atoms with Crippen molar-refractivity contribution in [3.63, 3.8) is 0 Å². The minimum absolute atomic E-state index is 0.171. The molecule has 2 aromatic rings. The summed E-state index contributed by atoms with van der Waals surface area (Å²) in [7, 11) is 0. The topological polar surface area (TPSA) is 38.3 Å². The predicted molar refractivity (Wildman–Crippen MR) is 82.9 cm³/mol. The van der Waals surface area contributed by atoms with Crippen LogP contribution in [-0.4, -0.2) is 12.5 Å². The summed E-state index contributed by atoms with van der Waals surface area (Å²) in [5.74, 6) is 2.86. The normalized spacial score (nSPS) is 9.60. The summed E-state index contributed by atoms with van der Waals surface area (Å²) in [5, 5.41) is 2.82. The molecule has 0 saturated heterocycles. The molecule has 0 aromatic heterocycles. The Morgan fingerprint density at radius 2 is 1.80 bits per heavy atom. The predicted octanol–water partition coefficient (Wildman–Crippen LogP) is 3.71. The van der Waals surface area contributed by atoms with Gasteiger partial charge in [0.15, 0.2) is 0 Å². The number of amides is 1. The summed E-state index contributed by atoms with van der Waals surface area (Å²) >= 11 is 3.34. The van der Waals surface area contributed by atoms with Crippen LogP contribution in [0.5, 0.6) is 5.75 Å². The molecule has 0 saturated carbocycles. The first-order valence-electron chi connectivity index (χ1n) is 5.92. The Hall–Kier alpha value is -2.25. The highest BCUT2D eigenvalue weighted by molar-refractivity contribution is 9.10. The Morgan fingerprint density at radius 1 is 1.15 bits per heavy atom. The summed E-state index contributed by atoms with van der Waals surface area (Å²) in [4.78, 5) is 12.0. The molecule has 3 nitrogen and oxygen atoms in total. The van der Waals surface area contributed by atoms with Gasteiger partial charge in [-0.3, -0.25) is 4.79 Å². The first kappa shape index (κ1) is 14.2. The van der Waals surface area contributed by atoms with Gasteiger partial charge in [-0.2, -0.15) is 0 Å². The Balaban J connectivity index is 2.02. The van der Waals surface area contributed by atoms with Gasteiger partial charge in [-0.1, -0.05) is 21.9 Å². The van der Waals surface area contributed by atoms with E-state index in [1.54, 1.807) is 24.3 Å². The highest BCUT2D eigenvalue weighted by Gasteiger charge is 2.06. The lowest BCUT2D eigenvalue weighted by atomic mass is 10.2. The van der Waals surface area contributed by atoms with Crippen molar-refractivity contribution in [2.45, 2.75) is 0 Å². The third kappa shape index (κ3) is 3.87. The zero-order valence-corrected chi connectivity index (χ0v) is 12.2. The van der Waals surface area contributed by atoms with E-state index < -0.39 is 0 Å². The lowest BCUT2D eigenvalue weighted by Crippen LogP contribution is -2.11. The van der Waals surface area contributed by atoms with Crippen molar-refractivity contribution < 1.29 is 9.53 Å². The number of hydrogen-bond acceptors (Lipinski definition) is 2. The van der Waals surface area contributed by atoms with Crippen LogP contribution < -0.4 is 10.1 Å². The fourth-order valence-corrected chi connectivity index (χ4v) is 1.83. The number of carbonyl (C=O) groups excluding carboxylic acids is 1. The molecule has 2 aromatic carbocycles. The van der Waals surface area contributed by atoms with E-state index in [9.17, 15) is 4.79 Å². The maximum Gasteiger partial charge on any atom is 0.255 e. The molecule has 0 bridgehead atoms. The minimum atomic E-state index is -0.171. The monoisotopic (exact) mass is 329 g/mol. The third-order valence-electron chi connectivity index (χ3n) is 2.54. The zero-order chi connectivity index (χ0) is 14.4. The Kier molecular flexibility index (Phi) is 4.80. The van der Waals surface area contributed by atoms with Crippen molar-refractivity contribution in [3.8, 4) is 18.1 Å². The SMILES string of the molecule is C#CCOc1ccc(C(=O)Nc2ccc(Br)cc2)cc1. The second-order valence-electron chi connectivity index (χ2n) is 3.98. The smallest absolute Gasteiger partial charge is 0.255 e. The lowest BCUT2D eigenvalue weighted by Gasteiger charge is -2.06. The highest BCUT2D eigenvalue weighted by atomic mass is 79.9. The number of rotatable bonds is 4. The number of anilines is 1. The third-order valence-corrected chi connectivity index (χ3v) is 3.07. The first-order chi connectivity index (χ1) is 9.69. The van der Waals surface area contributed by atoms with Gasteiger partial charge >= 0.3 is 0 Å². The molecule has 20 heavy (non-hydrogen) atoms. The van der Waals surface area contributed by atoms with Gasteiger partial charge in [0.25, 0.3) is 5.91 Å². The van der Waals surface area contributed by atoms with Crippen LogP contribution in [0.4, 0.5) is 5.69 Å². The second-order valence-corrected chi connectivity index (χ2v) is 4.89. The Bertz CT molecular complexity index is 627. The van der Waals surface area contributed by atoms with Gasteiger partial charge in [0.1, 0.15) is 12.4 Å². The van der Waals surface area contributed by atoms with E-state index in [1.165, 1.54) is 0 Å². The molecule has 1 amide bonds. The second kappa shape index (κ2) is 6.78. The van der Waals surface area contributed by atoms with Crippen molar-refractivity contribution in [3.05, 3.63) is 58.6 Å². The summed E-state index contributed by atoms with van der Waals surface area (Å²) < 4.78 is 6.21. The van der Waals surface area contributed by atoms with E-state index in [0.29, 0.717) is 11.3 Å². The van der Waals surface area contributed by atoms with E-state index >= 15 is 0 Å². The van der Waals surface area contributed by atoms with Crippen LogP contribution in [0.25, 0.3) is 0 Å². The Labute approximate surface area is 126 Å². The molecule has 0 heterocycles. The van der Waals surface area contributed by atoms with Crippen LogP contribution in [-0.2, 0) is 0 Å². The van der Waals surface area contributed by atoms with Gasteiger partial charge in [0.2, 0.25) is 0 Å². The average Bonchev–Trinajstić information content (AvgIpc) is 2.48. The maximum atomic E-state index is 12.0. The molecular formula is C16H12BrNO2. The molecule has 0 atom stereocenters. The van der Waals surface area contributed by atoms with Crippen molar-refractivity contribution in [2.75, 3.05) is 11.9 Å². The largest absolute Gasteiger partial charge is 0.481 e. The lowest BCUT2D eigenvalue weighted by molar-refractivity contribution is 0.102. The van der Waals surface area contributed by atoms with E-state index in [1.807, 2.05) is 24.3 Å². The molecule has 0 spiro atoms. The van der Waals surface area contributed by atoms with Crippen LogP contribution in [0.1, 0.15) is 10.4 Å². The molecule has 0 aliphatic carbocycles. The first-order valence-corrected chi connectivity index (χ1v) is 6.71. The minimum Gasteiger partial charge on any atom is -0.481 e. The standard InChI is InChI=1S/C16H12BrNO2/c1-2-11-20-15-9-3-12(4-10-15)16(19)18-14-7-5-13(17)6-8-14/h1,3-10H,11H2,(H,18,19). The fourth-order valence-electron chi connectivity index (χ4n) is 1.56. The molecule has 1 N–H and O–H groups in total. The van der Waals surface area contributed by atoms with Crippen LogP contribution in [0.3, 0.4) is 0 Å². The molecule has 0 aliphatic heterocycles. The molecule has 4 heteroatoms. The van der Waals surface area contributed by atoms with E-state index in [4.69, 9.17) is 11.2 Å². The molecule has 0 unspecified atom stereocenters. The average molecular weight is 330 g/mol.